The normalized spacial score (nSPS) is 22.5. The highest BCUT2D eigenvalue weighted by Crippen LogP contribution is 2.28. The van der Waals surface area contributed by atoms with Crippen LogP contribution < -0.4 is 10.6 Å². The van der Waals surface area contributed by atoms with E-state index in [1.165, 1.54) is 0 Å². The monoisotopic (exact) mass is 383 g/mol. The average Bonchev–Trinajstić information content (AvgIpc) is 2.96. The molecule has 0 saturated carbocycles. The van der Waals surface area contributed by atoms with E-state index in [0.717, 1.165) is 25.8 Å². The third-order valence-electron chi connectivity index (χ3n) is 5.13. The van der Waals surface area contributed by atoms with Gasteiger partial charge in [-0.25, -0.2) is 0 Å². The number of nitrogens with zero attached hydrogens (tertiary/aromatic N) is 1. The fourth-order valence-corrected chi connectivity index (χ4v) is 4.48. The van der Waals surface area contributed by atoms with Gasteiger partial charge in [-0.15, -0.1) is 0 Å². The van der Waals surface area contributed by atoms with Gasteiger partial charge in [0, 0.05) is 36.1 Å². The topological polar surface area (TPSA) is 44.4 Å². The lowest BCUT2D eigenvalue weighted by atomic mass is 9.96. The number of benzene rings is 1. The van der Waals surface area contributed by atoms with Gasteiger partial charge in [0.25, 0.3) is 11.7 Å². The Morgan fingerprint density at radius 3 is 2.73 bits per heavy atom. The summed E-state index contributed by atoms with van der Waals surface area (Å²) >= 11 is 0.473. The number of piperidine rings is 1. The van der Waals surface area contributed by atoms with Crippen LogP contribution in [0.4, 0.5) is 8.78 Å². The Bertz CT molecular complexity index is 633. The molecule has 4 nitrogen and oxygen atoms in total. The average molecular weight is 384 g/mol. The maximum atomic E-state index is 12.7. The van der Waals surface area contributed by atoms with E-state index >= 15 is 0 Å². The molecule has 0 radical (unpaired) electrons. The number of rotatable bonds is 5. The molecule has 1 unspecified atom stereocenters. The number of carbonyl (C=O) groups is 1. The first kappa shape index (κ1) is 19.6. The Balaban J connectivity index is 1.57. The smallest absolute Gasteiger partial charge is 0.288 e. The Morgan fingerprint density at radius 2 is 2.08 bits per heavy atom. The van der Waals surface area contributed by atoms with Crippen LogP contribution in [0.2, 0.25) is 0 Å². The van der Waals surface area contributed by atoms with E-state index in [0.29, 0.717) is 47.3 Å². The highest BCUT2D eigenvalue weighted by atomic mass is 32.2. The quantitative estimate of drug-likeness (QED) is 0.764. The molecule has 0 aliphatic carbocycles. The number of halogens is 2. The molecule has 2 N–H and O–H groups in total. The molecule has 1 spiro atoms. The SMILES string of the molecule is CC(C)CC1CNC2(CCN(C(=O)c3cccc(SC(F)F)c3)CC2)N1. The molecule has 144 valence electrons. The molecular weight excluding hydrogens is 356 g/mol. The summed E-state index contributed by atoms with van der Waals surface area (Å²) in [5.74, 6) is -1.90. The first-order valence-corrected chi connectivity index (χ1v) is 10.1. The zero-order chi connectivity index (χ0) is 18.7. The van der Waals surface area contributed by atoms with Crippen LogP contribution in [0, 0.1) is 5.92 Å². The lowest BCUT2D eigenvalue weighted by Crippen LogP contribution is -2.58. The minimum absolute atomic E-state index is 0.0658. The minimum atomic E-state index is -2.48. The highest BCUT2D eigenvalue weighted by Gasteiger charge is 2.41. The number of nitrogens with one attached hydrogen (secondary N) is 2. The standard InChI is InChI=1S/C19H27F2N3OS/c1-13(2)10-15-12-22-19(23-15)6-8-24(9-7-19)17(25)14-4-3-5-16(11-14)26-18(20)21/h3-5,11,13,15,18,22-23H,6-10,12H2,1-2H3. The van der Waals surface area contributed by atoms with Crippen molar-refractivity contribution in [3.05, 3.63) is 29.8 Å². The van der Waals surface area contributed by atoms with Crippen molar-refractivity contribution in [1.82, 2.24) is 15.5 Å². The summed E-state index contributed by atoms with van der Waals surface area (Å²) in [6.45, 7) is 6.76. The summed E-state index contributed by atoms with van der Waals surface area (Å²) in [5, 5.41) is 7.35. The van der Waals surface area contributed by atoms with Crippen molar-refractivity contribution < 1.29 is 13.6 Å². The molecule has 2 aliphatic heterocycles. The molecule has 2 aliphatic rings. The fraction of sp³-hybridized carbons (Fsp3) is 0.632. The molecule has 3 rings (SSSR count). The second-order valence-corrected chi connectivity index (χ2v) is 8.70. The lowest BCUT2D eigenvalue weighted by molar-refractivity contribution is 0.0633. The number of hydrogen-bond acceptors (Lipinski definition) is 4. The van der Waals surface area contributed by atoms with Crippen molar-refractivity contribution in [1.29, 1.82) is 0 Å². The zero-order valence-electron chi connectivity index (χ0n) is 15.3. The second-order valence-electron chi connectivity index (χ2n) is 7.63. The summed E-state index contributed by atoms with van der Waals surface area (Å²) in [5.41, 5.74) is 0.417. The van der Waals surface area contributed by atoms with Crippen molar-refractivity contribution in [3.63, 3.8) is 0 Å². The van der Waals surface area contributed by atoms with Crippen molar-refractivity contribution in [2.24, 2.45) is 5.92 Å². The number of likely N-dealkylation sites (tertiary alicyclic amines) is 1. The van der Waals surface area contributed by atoms with Gasteiger partial charge in [-0.2, -0.15) is 8.78 Å². The van der Waals surface area contributed by atoms with Crippen LogP contribution in [0.3, 0.4) is 0 Å². The third kappa shape index (κ3) is 4.75. The predicted molar refractivity (Wildman–Crippen MR) is 101 cm³/mol. The molecular formula is C19H27F2N3OS. The van der Waals surface area contributed by atoms with E-state index in [1.54, 1.807) is 24.3 Å². The van der Waals surface area contributed by atoms with Crippen LogP contribution in [-0.4, -0.2) is 47.9 Å². The molecule has 2 saturated heterocycles. The Hall–Kier alpha value is -1.18. The third-order valence-corrected chi connectivity index (χ3v) is 5.84. The van der Waals surface area contributed by atoms with Crippen LogP contribution >= 0.6 is 11.8 Å². The Morgan fingerprint density at radius 1 is 1.35 bits per heavy atom. The van der Waals surface area contributed by atoms with Crippen molar-refractivity contribution in [2.75, 3.05) is 19.6 Å². The van der Waals surface area contributed by atoms with E-state index in [2.05, 4.69) is 24.5 Å². The number of thioether (sulfide) groups is 1. The van der Waals surface area contributed by atoms with Gasteiger partial charge in [0.2, 0.25) is 0 Å². The number of amides is 1. The molecule has 26 heavy (non-hydrogen) atoms. The zero-order valence-corrected chi connectivity index (χ0v) is 16.1. The first-order chi connectivity index (χ1) is 12.4. The van der Waals surface area contributed by atoms with Crippen molar-refractivity contribution >= 4 is 17.7 Å². The van der Waals surface area contributed by atoms with Gasteiger partial charge in [-0.1, -0.05) is 31.7 Å². The van der Waals surface area contributed by atoms with Crippen LogP contribution in [0.5, 0.6) is 0 Å². The van der Waals surface area contributed by atoms with Gasteiger partial charge in [-0.3, -0.25) is 15.4 Å². The van der Waals surface area contributed by atoms with Crippen LogP contribution in [-0.2, 0) is 0 Å². The van der Waals surface area contributed by atoms with Gasteiger partial charge >= 0.3 is 0 Å². The maximum absolute atomic E-state index is 12.7. The first-order valence-electron chi connectivity index (χ1n) is 9.24. The fourth-order valence-electron chi connectivity index (χ4n) is 3.92. The van der Waals surface area contributed by atoms with Crippen molar-refractivity contribution in [2.45, 2.75) is 55.5 Å². The lowest BCUT2D eigenvalue weighted by Gasteiger charge is -2.40. The van der Waals surface area contributed by atoms with E-state index in [-0.39, 0.29) is 11.6 Å². The molecule has 0 bridgehead atoms. The number of alkyl halides is 2. The van der Waals surface area contributed by atoms with Crippen LogP contribution in [0.15, 0.2) is 29.2 Å². The minimum Gasteiger partial charge on any atom is -0.338 e. The van der Waals surface area contributed by atoms with Gasteiger partial charge in [0.15, 0.2) is 0 Å². The number of hydrogen-bond donors (Lipinski definition) is 2. The summed E-state index contributed by atoms with van der Waals surface area (Å²) in [7, 11) is 0. The Labute approximate surface area is 158 Å². The molecule has 2 heterocycles. The van der Waals surface area contributed by atoms with Crippen LogP contribution in [0.1, 0.15) is 43.5 Å². The summed E-state index contributed by atoms with van der Waals surface area (Å²) in [6, 6.07) is 7.03. The van der Waals surface area contributed by atoms with Gasteiger partial charge in [-0.05, 0) is 43.4 Å². The van der Waals surface area contributed by atoms with E-state index in [1.807, 2.05) is 4.90 Å². The molecule has 2 fully saturated rings. The van der Waals surface area contributed by atoms with E-state index < -0.39 is 5.76 Å². The van der Waals surface area contributed by atoms with Crippen LogP contribution in [0.25, 0.3) is 0 Å². The van der Waals surface area contributed by atoms with Crippen molar-refractivity contribution in [3.8, 4) is 0 Å². The largest absolute Gasteiger partial charge is 0.338 e. The molecule has 1 atom stereocenters. The molecule has 1 aromatic carbocycles. The summed E-state index contributed by atoms with van der Waals surface area (Å²) < 4.78 is 25.1. The maximum Gasteiger partial charge on any atom is 0.288 e. The van der Waals surface area contributed by atoms with E-state index in [4.69, 9.17) is 0 Å². The van der Waals surface area contributed by atoms with Gasteiger partial charge in [0.05, 0.1) is 5.66 Å². The predicted octanol–water partition coefficient (Wildman–Crippen LogP) is 3.54. The summed E-state index contributed by atoms with van der Waals surface area (Å²) in [6.07, 6.45) is 2.86. The van der Waals surface area contributed by atoms with E-state index in [9.17, 15) is 13.6 Å². The van der Waals surface area contributed by atoms with Gasteiger partial charge in [0.1, 0.15) is 0 Å². The molecule has 7 heteroatoms. The highest BCUT2D eigenvalue weighted by molar-refractivity contribution is 7.99. The second kappa shape index (κ2) is 8.23. The number of carbonyl (C=O) groups excluding carboxylic acids is 1. The van der Waals surface area contributed by atoms with Gasteiger partial charge < -0.3 is 4.90 Å². The molecule has 0 aromatic heterocycles. The Kier molecular flexibility index (Phi) is 6.20. The summed E-state index contributed by atoms with van der Waals surface area (Å²) in [4.78, 5) is 15.0. The molecule has 1 aromatic rings. The molecule has 1 amide bonds.